The standard InChI is InChI=1S/C13H9F3N2O3/c14-13(15,16)9-3-1-2-8(4-9)5-18-6-10(12(20)21)11(19)17-7-18/h1-4,6-7H,5H2,(H,20,21). The van der Waals surface area contributed by atoms with Gasteiger partial charge in [-0.15, -0.1) is 0 Å². The van der Waals surface area contributed by atoms with Crippen molar-refractivity contribution in [1.82, 2.24) is 9.55 Å². The molecule has 0 aliphatic carbocycles. The summed E-state index contributed by atoms with van der Waals surface area (Å²) in [5.41, 5.74) is -1.92. The normalized spacial score (nSPS) is 11.4. The Morgan fingerprint density at radius 1 is 1.33 bits per heavy atom. The maximum Gasteiger partial charge on any atom is 0.416 e. The molecule has 110 valence electrons. The van der Waals surface area contributed by atoms with Crippen molar-refractivity contribution in [2.45, 2.75) is 12.7 Å². The second-order valence-corrected chi connectivity index (χ2v) is 4.27. The van der Waals surface area contributed by atoms with Crippen LogP contribution >= 0.6 is 0 Å². The van der Waals surface area contributed by atoms with E-state index in [2.05, 4.69) is 4.98 Å². The minimum atomic E-state index is -4.45. The van der Waals surface area contributed by atoms with Crippen LogP contribution in [0.15, 0.2) is 41.6 Å². The molecular weight excluding hydrogens is 289 g/mol. The number of carboxylic acids is 1. The molecule has 0 saturated carbocycles. The van der Waals surface area contributed by atoms with Crippen molar-refractivity contribution in [1.29, 1.82) is 0 Å². The molecular formula is C13H9F3N2O3. The lowest BCUT2D eigenvalue weighted by atomic mass is 10.1. The summed E-state index contributed by atoms with van der Waals surface area (Å²) in [6.07, 6.45) is -2.34. The Kier molecular flexibility index (Phi) is 3.79. The molecule has 1 aromatic heterocycles. The Balaban J connectivity index is 2.33. The van der Waals surface area contributed by atoms with Crippen molar-refractivity contribution in [3.8, 4) is 0 Å². The van der Waals surface area contributed by atoms with E-state index in [9.17, 15) is 22.8 Å². The van der Waals surface area contributed by atoms with Gasteiger partial charge in [0, 0.05) is 12.7 Å². The van der Waals surface area contributed by atoms with Gasteiger partial charge in [-0.25, -0.2) is 4.79 Å². The second-order valence-electron chi connectivity index (χ2n) is 4.27. The molecule has 0 unspecified atom stereocenters. The van der Waals surface area contributed by atoms with E-state index in [0.717, 1.165) is 24.7 Å². The molecule has 0 fully saturated rings. The van der Waals surface area contributed by atoms with E-state index in [-0.39, 0.29) is 6.54 Å². The average molecular weight is 298 g/mol. The molecule has 0 saturated heterocycles. The number of aromatic carboxylic acids is 1. The van der Waals surface area contributed by atoms with Crippen LogP contribution in [0.4, 0.5) is 13.2 Å². The molecule has 0 bridgehead atoms. The minimum Gasteiger partial charge on any atom is -0.477 e. The number of aromatic nitrogens is 2. The molecule has 0 atom stereocenters. The Labute approximate surface area is 116 Å². The third-order valence-electron chi connectivity index (χ3n) is 2.70. The fourth-order valence-electron chi connectivity index (χ4n) is 1.74. The van der Waals surface area contributed by atoms with Crippen LogP contribution in [0.2, 0.25) is 0 Å². The number of carbonyl (C=O) groups is 1. The van der Waals surface area contributed by atoms with Crippen LogP contribution in [0.3, 0.4) is 0 Å². The van der Waals surface area contributed by atoms with Crippen molar-refractivity contribution in [2.24, 2.45) is 0 Å². The Morgan fingerprint density at radius 3 is 2.67 bits per heavy atom. The van der Waals surface area contributed by atoms with Crippen LogP contribution in [0.25, 0.3) is 0 Å². The summed E-state index contributed by atoms with van der Waals surface area (Å²) < 4.78 is 39.0. The highest BCUT2D eigenvalue weighted by molar-refractivity contribution is 5.86. The van der Waals surface area contributed by atoms with E-state index in [4.69, 9.17) is 5.11 Å². The summed E-state index contributed by atoms with van der Waals surface area (Å²) in [4.78, 5) is 25.4. The van der Waals surface area contributed by atoms with Crippen LogP contribution in [0, 0.1) is 0 Å². The molecule has 0 amide bonds. The lowest BCUT2D eigenvalue weighted by molar-refractivity contribution is -0.137. The van der Waals surface area contributed by atoms with Crippen molar-refractivity contribution in [2.75, 3.05) is 0 Å². The third kappa shape index (κ3) is 3.47. The fraction of sp³-hybridized carbons (Fsp3) is 0.154. The van der Waals surface area contributed by atoms with Crippen molar-refractivity contribution in [3.63, 3.8) is 0 Å². The Morgan fingerprint density at radius 2 is 2.05 bits per heavy atom. The van der Waals surface area contributed by atoms with Crippen LogP contribution in [-0.2, 0) is 12.7 Å². The molecule has 8 heteroatoms. The highest BCUT2D eigenvalue weighted by Gasteiger charge is 2.30. The lowest BCUT2D eigenvalue weighted by Crippen LogP contribution is -2.20. The third-order valence-corrected chi connectivity index (χ3v) is 2.70. The van der Waals surface area contributed by atoms with Crippen molar-refractivity contribution >= 4 is 5.97 Å². The summed E-state index contributed by atoms with van der Waals surface area (Å²) in [6.45, 7) is -0.0303. The van der Waals surface area contributed by atoms with Gasteiger partial charge in [0.05, 0.1) is 11.9 Å². The van der Waals surface area contributed by atoms with Gasteiger partial charge in [0.25, 0.3) is 5.56 Å². The first-order valence-electron chi connectivity index (χ1n) is 5.73. The quantitative estimate of drug-likeness (QED) is 0.941. The van der Waals surface area contributed by atoms with E-state index in [1.54, 1.807) is 0 Å². The first kappa shape index (κ1) is 14.8. The van der Waals surface area contributed by atoms with E-state index < -0.39 is 28.8 Å². The zero-order valence-corrected chi connectivity index (χ0v) is 10.5. The first-order chi connectivity index (χ1) is 9.77. The molecule has 0 aliphatic heterocycles. The van der Waals surface area contributed by atoms with Gasteiger partial charge >= 0.3 is 12.1 Å². The monoisotopic (exact) mass is 298 g/mol. The molecule has 2 aromatic rings. The number of hydrogen-bond acceptors (Lipinski definition) is 3. The molecule has 0 spiro atoms. The maximum atomic E-state index is 12.6. The Hall–Kier alpha value is -2.64. The van der Waals surface area contributed by atoms with Gasteiger partial charge < -0.3 is 9.67 Å². The zero-order chi connectivity index (χ0) is 15.6. The van der Waals surface area contributed by atoms with Crippen LogP contribution in [-0.4, -0.2) is 20.6 Å². The highest BCUT2D eigenvalue weighted by Crippen LogP contribution is 2.29. The zero-order valence-electron chi connectivity index (χ0n) is 10.5. The van der Waals surface area contributed by atoms with Gasteiger partial charge in [0.1, 0.15) is 5.56 Å². The number of benzene rings is 1. The number of carboxylic acid groups (broad SMARTS) is 1. The number of hydrogen-bond donors (Lipinski definition) is 1. The Bertz CT molecular complexity index is 738. The lowest BCUT2D eigenvalue weighted by Gasteiger charge is -2.10. The predicted octanol–water partition coefficient (Wildman–Crippen LogP) is 2.01. The van der Waals surface area contributed by atoms with Gasteiger partial charge in [-0.05, 0) is 17.7 Å². The molecule has 5 nitrogen and oxygen atoms in total. The number of rotatable bonds is 3. The molecule has 0 radical (unpaired) electrons. The van der Waals surface area contributed by atoms with E-state index in [1.165, 1.54) is 16.7 Å². The van der Waals surface area contributed by atoms with Gasteiger partial charge in [0.15, 0.2) is 0 Å². The molecule has 1 N–H and O–H groups in total. The summed E-state index contributed by atoms with van der Waals surface area (Å²) in [7, 11) is 0. The van der Waals surface area contributed by atoms with Crippen LogP contribution in [0.5, 0.6) is 0 Å². The summed E-state index contributed by atoms with van der Waals surface area (Å²) >= 11 is 0. The maximum absolute atomic E-state index is 12.6. The van der Waals surface area contributed by atoms with Crippen LogP contribution in [0.1, 0.15) is 21.5 Å². The number of halogens is 3. The highest BCUT2D eigenvalue weighted by atomic mass is 19.4. The molecule has 1 heterocycles. The molecule has 21 heavy (non-hydrogen) atoms. The SMILES string of the molecule is O=C(O)c1cn(Cc2cccc(C(F)(F)F)c2)cnc1=O. The van der Waals surface area contributed by atoms with Crippen molar-refractivity contribution < 1.29 is 23.1 Å². The van der Waals surface area contributed by atoms with Gasteiger partial charge in [-0.2, -0.15) is 18.2 Å². The largest absolute Gasteiger partial charge is 0.477 e. The minimum absolute atomic E-state index is 0.0303. The molecule has 0 aliphatic rings. The summed E-state index contributed by atoms with van der Waals surface area (Å²) in [5.74, 6) is -1.44. The average Bonchev–Trinajstić information content (AvgIpc) is 2.40. The smallest absolute Gasteiger partial charge is 0.416 e. The topological polar surface area (TPSA) is 72.2 Å². The predicted molar refractivity (Wildman–Crippen MR) is 66.0 cm³/mol. The van der Waals surface area contributed by atoms with E-state index in [1.807, 2.05) is 0 Å². The second kappa shape index (κ2) is 5.39. The van der Waals surface area contributed by atoms with Gasteiger partial charge in [-0.1, -0.05) is 12.1 Å². The first-order valence-corrected chi connectivity index (χ1v) is 5.73. The van der Waals surface area contributed by atoms with E-state index >= 15 is 0 Å². The summed E-state index contributed by atoms with van der Waals surface area (Å²) in [5, 5.41) is 8.80. The molecule has 2 rings (SSSR count). The summed E-state index contributed by atoms with van der Waals surface area (Å²) in [6, 6.07) is 4.62. The van der Waals surface area contributed by atoms with Gasteiger partial charge in [-0.3, -0.25) is 4.79 Å². The van der Waals surface area contributed by atoms with Crippen LogP contribution < -0.4 is 5.56 Å². The number of nitrogens with zero attached hydrogens (tertiary/aromatic N) is 2. The van der Waals surface area contributed by atoms with Crippen molar-refractivity contribution in [3.05, 3.63) is 63.8 Å². The molecule has 1 aromatic carbocycles. The number of alkyl halides is 3. The van der Waals surface area contributed by atoms with Gasteiger partial charge in [0.2, 0.25) is 0 Å². The fourth-order valence-corrected chi connectivity index (χ4v) is 1.74. The van der Waals surface area contributed by atoms with E-state index in [0.29, 0.717) is 5.56 Å².